The fraction of sp³-hybridized carbons (Fsp3) is 0.667. The summed E-state index contributed by atoms with van der Waals surface area (Å²) in [5.41, 5.74) is 0.759. The lowest BCUT2D eigenvalue weighted by Crippen LogP contribution is -2.34. The summed E-state index contributed by atoms with van der Waals surface area (Å²) in [4.78, 5) is 12.0. The molecule has 0 spiro atoms. The van der Waals surface area contributed by atoms with Gasteiger partial charge < -0.3 is 15.4 Å². The van der Waals surface area contributed by atoms with Gasteiger partial charge in [0.1, 0.15) is 0 Å². The van der Waals surface area contributed by atoms with E-state index < -0.39 is 0 Å². The highest BCUT2D eigenvalue weighted by Crippen LogP contribution is 2.15. The van der Waals surface area contributed by atoms with Crippen LogP contribution in [0.2, 0.25) is 0 Å². The van der Waals surface area contributed by atoms with E-state index in [1.807, 2.05) is 6.20 Å². The zero-order valence-electron chi connectivity index (χ0n) is 10.7. The van der Waals surface area contributed by atoms with Gasteiger partial charge in [-0.1, -0.05) is 0 Å². The van der Waals surface area contributed by atoms with Gasteiger partial charge in [0, 0.05) is 19.2 Å². The highest BCUT2D eigenvalue weighted by Gasteiger charge is 2.21. The molecule has 18 heavy (non-hydrogen) atoms. The van der Waals surface area contributed by atoms with Gasteiger partial charge in [0.2, 0.25) is 5.91 Å². The third kappa shape index (κ3) is 3.54. The average Bonchev–Trinajstić information content (AvgIpc) is 2.85. The van der Waals surface area contributed by atoms with Gasteiger partial charge in [0.15, 0.2) is 0 Å². The third-order valence-electron chi connectivity index (χ3n) is 3.14. The molecule has 1 saturated heterocycles. The molecule has 1 aliphatic heterocycles. The van der Waals surface area contributed by atoms with Crippen LogP contribution in [0, 0.1) is 5.92 Å². The summed E-state index contributed by atoms with van der Waals surface area (Å²) >= 11 is 0. The van der Waals surface area contributed by atoms with Crippen molar-refractivity contribution in [3.63, 3.8) is 0 Å². The number of anilines is 1. The number of hydrogen-bond donors (Lipinski definition) is 2. The van der Waals surface area contributed by atoms with Crippen LogP contribution >= 0.6 is 0 Å². The molecular weight excluding hydrogens is 232 g/mol. The second-order valence-corrected chi connectivity index (χ2v) is 4.50. The highest BCUT2D eigenvalue weighted by atomic mass is 16.5. The number of carbonyl (C=O) groups is 1. The molecule has 0 unspecified atom stereocenters. The smallest absolute Gasteiger partial charge is 0.227 e. The largest absolute Gasteiger partial charge is 0.383 e. The number of piperidine rings is 1. The number of aromatic nitrogens is 2. The molecule has 0 saturated carbocycles. The molecule has 0 atom stereocenters. The van der Waals surface area contributed by atoms with Crippen molar-refractivity contribution in [3.8, 4) is 0 Å². The quantitative estimate of drug-likeness (QED) is 0.799. The number of ether oxygens (including phenoxy) is 1. The van der Waals surface area contributed by atoms with Crippen molar-refractivity contribution in [2.75, 3.05) is 32.1 Å². The fourth-order valence-corrected chi connectivity index (χ4v) is 2.06. The molecule has 1 aromatic rings. The summed E-state index contributed by atoms with van der Waals surface area (Å²) < 4.78 is 6.74. The van der Waals surface area contributed by atoms with Crippen LogP contribution in [-0.4, -0.2) is 42.5 Å². The first-order valence-electron chi connectivity index (χ1n) is 6.32. The minimum Gasteiger partial charge on any atom is -0.383 e. The Bertz CT molecular complexity index is 385. The van der Waals surface area contributed by atoms with E-state index in [0.29, 0.717) is 13.2 Å². The second-order valence-electron chi connectivity index (χ2n) is 4.50. The number of methoxy groups -OCH3 is 1. The summed E-state index contributed by atoms with van der Waals surface area (Å²) in [5.74, 6) is 0.219. The number of hydrogen-bond acceptors (Lipinski definition) is 4. The molecule has 0 radical (unpaired) electrons. The number of nitrogens with zero attached hydrogens (tertiary/aromatic N) is 2. The second kappa shape index (κ2) is 6.51. The monoisotopic (exact) mass is 252 g/mol. The molecule has 2 rings (SSSR count). The molecule has 2 heterocycles. The molecule has 6 nitrogen and oxygen atoms in total. The van der Waals surface area contributed by atoms with Crippen molar-refractivity contribution < 1.29 is 9.53 Å². The lowest BCUT2D eigenvalue weighted by molar-refractivity contribution is -0.120. The van der Waals surface area contributed by atoms with E-state index in [1.54, 1.807) is 18.0 Å². The van der Waals surface area contributed by atoms with Crippen LogP contribution in [0.15, 0.2) is 12.4 Å². The normalized spacial score (nSPS) is 16.7. The van der Waals surface area contributed by atoms with Gasteiger partial charge in [0.05, 0.1) is 25.0 Å². The van der Waals surface area contributed by atoms with Gasteiger partial charge in [-0.15, -0.1) is 0 Å². The SMILES string of the molecule is COCCn1cc(NC(=O)C2CCNCC2)cn1. The number of rotatable bonds is 5. The molecule has 1 aliphatic rings. The Morgan fingerprint density at radius 3 is 3.11 bits per heavy atom. The van der Waals surface area contributed by atoms with Gasteiger partial charge in [0.25, 0.3) is 0 Å². The first-order chi connectivity index (χ1) is 8.79. The van der Waals surface area contributed by atoms with Crippen LogP contribution in [0.5, 0.6) is 0 Å². The summed E-state index contributed by atoms with van der Waals surface area (Å²) in [6, 6.07) is 0. The molecule has 1 amide bonds. The number of carbonyl (C=O) groups excluding carboxylic acids is 1. The van der Waals surface area contributed by atoms with E-state index in [0.717, 1.165) is 31.6 Å². The van der Waals surface area contributed by atoms with E-state index in [-0.39, 0.29) is 11.8 Å². The van der Waals surface area contributed by atoms with Crippen LogP contribution in [0.1, 0.15) is 12.8 Å². The van der Waals surface area contributed by atoms with Crippen molar-refractivity contribution >= 4 is 11.6 Å². The van der Waals surface area contributed by atoms with E-state index in [1.165, 1.54) is 0 Å². The van der Waals surface area contributed by atoms with E-state index >= 15 is 0 Å². The van der Waals surface area contributed by atoms with Gasteiger partial charge in [-0.05, 0) is 25.9 Å². The fourth-order valence-electron chi connectivity index (χ4n) is 2.06. The molecule has 100 valence electrons. The Hall–Kier alpha value is -1.40. The van der Waals surface area contributed by atoms with Crippen molar-refractivity contribution in [2.45, 2.75) is 19.4 Å². The first-order valence-corrected chi connectivity index (χ1v) is 6.32. The van der Waals surface area contributed by atoms with Crippen LogP contribution in [0.4, 0.5) is 5.69 Å². The molecule has 0 bridgehead atoms. The van der Waals surface area contributed by atoms with Gasteiger partial charge >= 0.3 is 0 Å². The highest BCUT2D eigenvalue weighted by molar-refractivity contribution is 5.92. The minimum absolute atomic E-state index is 0.0998. The van der Waals surface area contributed by atoms with Gasteiger partial charge in [-0.25, -0.2) is 0 Å². The van der Waals surface area contributed by atoms with E-state index in [9.17, 15) is 4.79 Å². The zero-order chi connectivity index (χ0) is 12.8. The van der Waals surface area contributed by atoms with Gasteiger partial charge in [-0.2, -0.15) is 5.10 Å². The molecule has 0 aromatic carbocycles. The first kappa shape index (κ1) is 13.0. The van der Waals surface area contributed by atoms with Crippen LogP contribution in [-0.2, 0) is 16.1 Å². The lowest BCUT2D eigenvalue weighted by atomic mass is 9.97. The summed E-state index contributed by atoms with van der Waals surface area (Å²) in [5, 5.41) is 10.3. The molecule has 1 aromatic heterocycles. The van der Waals surface area contributed by atoms with Crippen LogP contribution in [0.25, 0.3) is 0 Å². The summed E-state index contributed by atoms with van der Waals surface area (Å²) in [6.45, 7) is 3.15. The Kier molecular flexibility index (Phi) is 4.72. The standard InChI is InChI=1S/C12H20N4O2/c1-18-7-6-16-9-11(8-14-16)15-12(17)10-2-4-13-5-3-10/h8-10,13H,2-7H2,1H3,(H,15,17). The maximum absolute atomic E-state index is 12.0. The summed E-state index contributed by atoms with van der Waals surface area (Å²) in [7, 11) is 1.66. The van der Waals surface area contributed by atoms with Crippen LogP contribution < -0.4 is 10.6 Å². The van der Waals surface area contributed by atoms with Gasteiger partial charge in [-0.3, -0.25) is 9.48 Å². The molecule has 2 N–H and O–H groups in total. The Balaban J connectivity index is 1.84. The van der Waals surface area contributed by atoms with Crippen molar-refractivity contribution in [2.24, 2.45) is 5.92 Å². The lowest BCUT2D eigenvalue weighted by Gasteiger charge is -2.21. The van der Waals surface area contributed by atoms with E-state index in [4.69, 9.17) is 4.74 Å². The maximum atomic E-state index is 12.0. The molecular formula is C12H20N4O2. The predicted octanol–water partition coefficient (Wildman–Crippen LogP) is 0.468. The Labute approximate surface area is 107 Å². The molecule has 6 heteroatoms. The predicted molar refractivity (Wildman–Crippen MR) is 68.3 cm³/mol. The molecule has 0 aliphatic carbocycles. The van der Waals surface area contributed by atoms with Crippen LogP contribution in [0.3, 0.4) is 0 Å². The third-order valence-corrected chi connectivity index (χ3v) is 3.14. The maximum Gasteiger partial charge on any atom is 0.227 e. The van der Waals surface area contributed by atoms with Crippen molar-refractivity contribution in [3.05, 3.63) is 12.4 Å². The summed E-state index contributed by atoms with van der Waals surface area (Å²) in [6.07, 6.45) is 5.32. The minimum atomic E-state index is 0.0998. The topological polar surface area (TPSA) is 68.2 Å². The number of amides is 1. The number of nitrogens with one attached hydrogen (secondary N) is 2. The van der Waals surface area contributed by atoms with Crippen molar-refractivity contribution in [1.29, 1.82) is 0 Å². The Morgan fingerprint density at radius 1 is 1.61 bits per heavy atom. The Morgan fingerprint density at radius 2 is 2.39 bits per heavy atom. The zero-order valence-corrected chi connectivity index (χ0v) is 10.7. The molecule has 1 fully saturated rings. The van der Waals surface area contributed by atoms with Crippen molar-refractivity contribution in [1.82, 2.24) is 15.1 Å². The van der Waals surface area contributed by atoms with E-state index in [2.05, 4.69) is 15.7 Å². The average molecular weight is 252 g/mol.